The Hall–Kier alpha value is -1.16. The van der Waals surface area contributed by atoms with Gasteiger partial charge in [0.2, 0.25) is 0 Å². The Labute approximate surface area is 92.8 Å². The molecular formula is C11H13N3S. The van der Waals surface area contributed by atoms with Crippen molar-refractivity contribution in [3.63, 3.8) is 0 Å². The summed E-state index contributed by atoms with van der Waals surface area (Å²) < 4.78 is 2.29. The Kier molecular flexibility index (Phi) is 2.29. The minimum absolute atomic E-state index is 1.06. The summed E-state index contributed by atoms with van der Waals surface area (Å²) in [5.41, 5.74) is 0. The number of aromatic nitrogens is 3. The van der Waals surface area contributed by atoms with Crippen molar-refractivity contribution in [2.45, 2.75) is 32.2 Å². The molecule has 0 saturated heterocycles. The van der Waals surface area contributed by atoms with Crippen molar-refractivity contribution in [3.8, 4) is 10.7 Å². The van der Waals surface area contributed by atoms with Gasteiger partial charge in [0.05, 0.1) is 4.88 Å². The highest BCUT2D eigenvalue weighted by Gasteiger charge is 2.15. The first-order valence-electron chi connectivity index (χ1n) is 5.41. The van der Waals surface area contributed by atoms with E-state index in [1.807, 2.05) is 0 Å². The summed E-state index contributed by atoms with van der Waals surface area (Å²) in [6.45, 7) is 1.08. The average Bonchev–Trinajstić information content (AvgIpc) is 2.83. The molecule has 3 nitrogen and oxygen atoms in total. The fourth-order valence-corrected chi connectivity index (χ4v) is 2.79. The highest BCUT2D eigenvalue weighted by molar-refractivity contribution is 7.13. The number of hydrogen-bond acceptors (Lipinski definition) is 3. The van der Waals surface area contributed by atoms with Crippen molar-refractivity contribution in [3.05, 3.63) is 23.3 Å². The van der Waals surface area contributed by atoms with Gasteiger partial charge in [0.1, 0.15) is 5.82 Å². The topological polar surface area (TPSA) is 30.7 Å². The van der Waals surface area contributed by atoms with Crippen LogP contribution in [-0.2, 0) is 13.0 Å². The lowest BCUT2D eigenvalue weighted by Gasteiger charge is -2.04. The molecule has 1 aliphatic heterocycles. The van der Waals surface area contributed by atoms with E-state index in [1.54, 1.807) is 11.3 Å². The molecule has 0 amide bonds. The zero-order valence-electron chi connectivity index (χ0n) is 8.52. The molecule has 4 heteroatoms. The van der Waals surface area contributed by atoms with Crippen LogP contribution in [0.15, 0.2) is 17.5 Å². The molecule has 2 aromatic rings. The highest BCUT2D eigenvalue weighted by atomic mass is 32.1. The number of thiophene rings is 1. The summed E-state index contributed by atoms with van der Waals surface area (Å²) in [7, 11) is 0. The van der Waals surface area contributed by atoms with E-state index in [2.05, 4.69) is 32.3 Å². The van der Waals surface area contributed by atoms with E-state index in [0.29, 0.717) is 0 Å². The van der Waals surface area contributed by atoms with Gasteiger partial charge in [-0.25, -0.2) is 0 Å². The molecule has 0 radical (unpaired) electrons. The Morgan fingerprint density at radius 3 is 3.07 bits per heavy atom. The minimum Gasteiger partial charge on any atom is -0.310 e. The van der Waals surface area contributed by atoms with Crippen LogP contribution in [0.25, 0.3) is 10.7 Å². The smallest absolute Gasteiger partial charge is 0.174 e. The number of hydrogen-bond donors (Lipinski definition) is 0. The van der Waals surface area contributed by atoms with Crippen LogP contribution in [0.1, 0.15) is 25.1 Å². The molecule has 0 bridgehead atoms. The molecule has 0 fully saturated rings. The third kappa shape index (κ3) is 1.59. The first kappa shape index (κ1) is 9.09. The lowest BCUT2D eigenvalue weighted by atomic mass is 10.2. The van der Waals surface area contributed by atoms with E-state index in [0.717, 1.165) is 24.6 Å². The fourth-order valence-electron chi connectivity index (χ4n) is 2.07. The highest BCUT2D eigenvalue weighted by Crippen LogP contribution is 2.25. The molecule has 0 N–H and O–H groups in total. The molecule has 0 aliphatic carbocycles. The van der Waals surface area contributed by atoms with Crippen LogP contribution in [0.3, 0.4) is 0 Å². The molecule has 3 heterocycles. The van der Waals surface area contributed by atoms with Gasteiger partial charge >= 0.3 is 0 Å². The van der Waals surface area contributed by atoms with Crippen molar-refractivity contribution < 1.29 is 0 Å². The van der Waals surface area contributed by atoms with Crippen LogP contribution < -0.4 is 0 Å². The van der Waals surface area contributed by atoms with Crippen molar-refractivity contribution in [2.24, 2.45) is 0 Å². The van der Waals surface area contributed by atoms with Crippen molar-refractivity contribution in [1.29, 1.82) is 0 Å². The zero-order valence-corrected chi connectivity index (χ0v) is 9.33. The van der Waals surface area contributed by atoms with Gasteiger partial charge in [-0.1, -0.05) is 12.5 Å². The molecule has 3 rings (SSSR count). The van der Waals surface area contributed by atoms with E-state index < -0.39 is 0 Å². The van der Waals surface area contributed by atoms with Crippen LogP contribution in [0, 0.1) is 0 Å². The summed E-state index contributed by atoms with van der Waals surface area (Å²) in [5.74, 6) is 2.22. The quantitative estimate of drug-likeness (QED) is 0.738. The molecule has 0 unspecified atom stereocenters. The fraction of sp³-hybridized carbons (Fsp3) is 0.455. The van der Waals surface area contributed by atoms with Crippen LogP contribution in [-0.4, -0.2) is 14.8 Å². The summed E-state index contributed by atoms with van der Waals surface area (Å²) in [5, 5.41) is 10.7. The van der Waals surface area contributed by atoms with Gasteiger partial charge in [0.25, 0.3) is 0 Å². The van der Waals surface area contributed by atoms with Gasteiger partial charge in [-0.2, -0.15) is 0 Å². The standard InChI is InChI=1S/C11H13N3S/c1-2-6-10-12-13-11(14(10)7-3-1)9-5-4-8-15-9/h4-5,8H,1-3,6-7H2. The average molecular weight is 219 g/mol. The second kappa shape index (κ2) is 3.77. The maximum atomic E-state index is 4.31. The number of nitrogens with zero attached hydrogens (tertiary/aromatic N) is 3. The van der Waals surface area contributed by atoms with Crippen LogP contribution >= 0.6 is 11.3 Å². The van der Waals surface area contributed by atoms with E-state index in [-0.39, 0.29) is 0 Å². The molecule has 78 valence electrons. The van der Waals surface area contributed by atoms with Gasteiger partial charge in [0, 0.05) is 13.0 Å². The molecule has 1 aliphatic rings. The monoisotopic (exact) mass is 219 g/mol. The molecule has 0 aromatic carbocycles. The predicted octanol–water partition coefficient (Wildman–Crippen LogP) is 2.73. The van der Waals surface area contributed by atoms with E-state index >= 15 is 0 Å². The van der Waals surface area contributed by atoms with Crippen LogP contribution in [0.5, 0.6) is 0 Å². The van der Waals surface area contributed by atoms with Crippen molar-refractivity contribution in [2.75, 3.05) is 0 Å². The third-order valence-electron chi connectivity index (χ3n) is 2.85. The summed E-state index contributed by atoms with van der Waals surface area (Å²) >= 11 is 1.74. The maximum Gasteiger partial charge on any atom is 0.174 e. The molecule has 15 heavy (non-hydrogen) atoms. The second-order valence-corrected chi connectivity index (χ2v) is 4.83. The van der Waals surface area contributed by atoms with Gasteiger partial charge in [0.15, 0.2) is 5.82 Å². The number of aryl methyl sites for hydroxylation is 1. The molecule has 0 spiro atoms. The maximum absolute atomic E-state index is 4.31. The number of fused-ring (bicyclic) bond motifs is 1. The minimum atomic E-state index is 1.06. The normalized spacial score (nSPS) is 16.0. The molecule has 2 aromatic heterocycles. The summed E-state index contributed by atoms with van der Waals surface area (Å²) in [4.78, 5) is 1.23. The molecular weight excluding hydrogens is 206 g/mol. The van der Waals surface area contributed by atoms with E-state index in [1.165, 1.54) is 24.1 Å². The molecule has 0 atom stereocenters. The first-order chi connectivity index (χ1) is 7.45. The van der Waals surface area contributed by atoms with Crippen LogP contribution in [0.4, 0.5) is 0 Å². The Balaban J connectivity index is 2.06. The SMILES string of the molecule is c1csc(-c2nnc3n2CCCCC3)c1. The van der Waals surface area contributed by atoms with E-state index in [4.69, 9.17) is 0 Å². The largest absolute Gasteiger partial charge is 0.310 e. The first-order valence-corrected chi connectivity index (χ1v) is 6.29. The zero-order chi connectivity index (χ0) is 10.1. The van der Waals surface area contributed by atoms with Gasteiger partial charge in [-0.15, -0.1) is 21.5 Å². The van der Waals surface area contributed by atoms with Gasteiger partial charge < -0.3 is 4.57 Å². The van der Waals surface area contributed by atoms with Crippen molar-refractivity contribution in [1.82, 2.24) is 14.8 Å². The third-order valence-corrected chi connectivity index (χ3v) is 3.72. The van der Waals surface area contributed by atoms with E-state index in [9.17, 15) is 0 Å². The van der Waals surface area contributed by atoms with Gasteiger partial charge in [-0.05, 0) is 24.3 Å². The van der Waals surface area contributed by atoms with Gasteiger partial charge in [-0.3, -0.25) is 0 Å². The summed E-state index contributed by atoms with van der Waals surface area (Å²) in [6, 6.07) is 4.19. The lowest BCUT2D eigenvalue weighted by Crippen LogP contribution is -2.02. The second-order valence-electron chi connectivity index (χ2n) is 3.88. The predicted molar refractivity (Wildman–Crippen MR) is 60.9 cm³/mol. The van der Waals surface area contributed by atoms with Crippen LogP contribution in [0.2, 0.25) is 0 Å². The Bertz CT molecular complexity index is 444. The summed E-state index contributed by atoms with van der Waals surface area (Å²) in [6.07, 6.45) is 4.90. The molecule has 0 saturated carbocycles. The van der Waals surface area contributed by atoms with Crippen molar-refractivity contribution >= 4 is 11.3 Å². The number of rotatable bonds is 1. The lowest BCUT2D eigenvalue weighted by molar-refractivity contribution is 0.637. The Morgan fingerprint density at radius 2 is 2.20 bits per heavy atom. The Morgan fingerprint density at radius 1 is 1.20 bits per heavy atom.